The number of hydrogen-bond acceptors (Lipinski definition) is 4. The third kappa shape index (κ3) is 2.78. The van der Waals surface area contributed by atoms with E-state index in [1.165, 1.54) is 0 Å². The number of aryl methyl sites for hydroxylation is 2. The average molecular weight is 328 g/mol. The summed E-state index contributed by atoms with van der Waals surface area (Å²) >= 11 is 0. The number of carbonyl (C=O) groups is 1. The third-order valence-corrected chi connectivity index (χ3v) is 4.75. The SMILES string of the molecule is COc1c([C@@H]2CCCN2[C@H](C(N)=O)c2ccccc2)c(C)nn1C. The highest BCUT2D eigenvalue weighted by Crippen LogP contribution is 2.43. The fourth-order valence-corrected chi connectivity index (χ4v) is 3.84. The first-order chi connectivity index (χ1) is 11.5. The van der Waals surface area contributed by atoms with E-state index in [2.05, 4.69) is 10.00 Å². The molecule has 1 saturated heterocycles. The number of aromatic nitrogens is 2. The van der Waals surface area contributed by atoms with Gasteiger partial charge in [-0.1, -0.05) is 30.3 Å². The molecule has 1 aliphatic rings. The minimum absolute atomic E-state index is 0.0753. The fraction of sp³-hybridized carbons (Fsp3) is 0.444. The Kier molecular flexibility index (Phi) is 4.57. The van der Waals surface area contributed by atoms with E-state index in [0.717, 1.165) is 42.1 Å². The van der Waals surface area contributed by atoms with Crippen LogP contribution in [-0.4, -0.2) is 34.2 Å². The van der Waals surface area contributed by atoms with E-state index in [1.54, 1.807) is 11.8 Å². The van der Waals surface area contributed by atoms with Gasteiger partial charge in [0, 0.05) is 13.1 Å². The quantitative estimate of drug-likeness (QED) is 0.912. The Morgan fingerprint density at radius 2 is 2.08 bits per heavy atom. The van der Waals surface area contributed by atoms with Crippen molar-refractivity contribution in [1.29, 1.82) is 0 Å². The van der Waals surface area contributed by atoms with Crippen molar-refractivity contribution in [1.82, 2.24) is 14.7 Å². The second-order valence-corrected chi connectivity index (χ2v) is 6.24. The molecule has 1 aromatic carbocycles. The molecule has 1 aromatic heterocycles. The van der Waals surface area contributed by atoms with Crippen LogP contribution in [-0.2, 0) is 11.8 Å². The highest BCUT2D eigenvalue weighted by atomic mass is 16.5. The molecule has 1 fully saturated rings. The van der Waals surface area contributed by atoms with E-state index in [-0.39, 0.29) is 11.9 Å². The molecule has 3 rings (SSSR count). The van der Waals surface area contributed by atoms with Crippen LogP contribution in [0.25, 0.3) is 0 Å². The van der Waals surface area contributed by atoms with Crippen LogP contribution in [0.2, 0.25) is 0 Å². The molecule has 6 heteroatoms. The molecular weight excluding hydrogens is 304 g/mol. The summed E-state index contributed by atoms with van der Waals surface area (Å²) in [5.41, 5.74) is 8.69. The van der Waals surface area contributed by atoms with Crippen molar-refractivity contribution in [2.24, 2.45) is 12.8 Å². The van der Waals surface area contributed by atoms with Gasteiger partial charge in [0.2, 0.25) is 11.8 Å². The lowest BCUT2D eigenvalue weighted by molar-refractivity contribution is -0.123. The van der Waals surface area contributed by atoms with Gasteiger partial charge in [0.05, 0.1) is 18.4 Å². The number of likely N-dealkylation sites (tertiary alicyclic amines) is 1. The maximum absolute atomic E-state index is 12.2. The summed E-state index contributed by atoms with van der Waals surface area (Å²) in [4.78, 5) is 14.4. The normalized spacial score (nSPS) is 19.4. The first-order valence-corrected chi connectivity index (χ1v) is 8.22. The Balaban J connectivity index is 2.02. The van der Waals surface area contributed by atoms with E-state index in [4.69, 9.17) is 10.5 Å². The predicted molar refractivity (Wildman–Crippen MR) is 91.6 cm³/mol. The Labute approximate surface area is 142 Å². The van der Waals surface area contributed by atoms with Crippen LogP contribution in [0.15, 0.2) is 30.3 Å². The molecular formula is C18H24N4O2. The first kappa shape index (κ1) is 16.5. The van der Waals surface area contributed by atoms with Crippen LogP contribution >= 0.6 is 0 Å². The summed E-state index contributed by atoms with van der Waals surface area (Å²) in [6.07, 6.45) is 1.97. The van der Waals surface area contributed by atoms with Gasteiger partial charge in [0.15, 0.2) is 0 Å². The second kappa shape index (κ2) is 6.65. The number of benzene rings is 1. The molecule has 128 valence electrons. The van der Waals surface area contributed by atoms with Crippen LogP contribution in [0.5, 0.6) is 5.88 Å². The number of amides is 1. The highest BCUT2D eigenvalue weighted by Gasteiger charge is 2.38. The molecule has 0 bridgehead atoms. The number of carbonyl (C=O) groups excluding carboxylic acids is 1. The largest absolute Gasteiger partial charge is 0.481 e. The van der Waals surface area contributed by atoms with Crippen molar-refractivity contribution >= 4 is 5.91 Å². The smallest absolute Gasteiger partial charge is 0.239 e. The minimum atomic E-state index is -0.442. The van der Waals surface area contributed by atoms with Gasteiger partial charge in [-0.05, 0) is 31.9 Å². The van der Waals surface area contributed by atoms with Crippen LogP contribution in [0.1, 0.15) is 41.7 Å². The number of methoxy groups -OCH3 is 1. The zero-order valence-corrected chi connectivity index (χ0v) is 14.4. The van der Waals surface area contributed by atoms with Crippen molar-refractivity contribution in [3.05, 3.63) is 47.2 Å². The zero-order valence-electron chi connectivity index (χ0n) is 14.4. The molecule has 0 radical (unpaired) electrons. The summed E-state index contributed by atoms with van der Waals surface area (Å²) in [5.74, 6) is 0.425. The predicted octanol–water partition coefficient (Wildman–Crippen LogP) is 2.10. The summed E-state index contributed by atoms with van der Waals surface area (Å²) in [6.45, 7) is 2.81. The second-order valence-electron chi connectivity index (χ2n) is 6.24. The van der Waals surface area contributed by atoms with Crippen molar-refractivity contribution in [2.45, 2.75) is 31.8 Å². The molecule has 0 saturated carbocycles. The van der Waals surface area contributed by atoms with E-state index in [0.29, 0.717) is 0 Å². The van der Waals surface area contributed by atoms with Gasteiger partial charge in [0.25, 0.3) is 0 Å². The van der Waals surface area contributed by atoms with Crippen molar-refractivity contribution in [3.63, 3.8) is 0 Å². The Bertz CT molecular complexity index is 726. The van der Waals surface area contributed by atoms with Gasteiger partial charge in [0.1, 0.15) is 6.04 Å². The third-order valence-electron chi connectivity index (χ3n) is 4.75. The summed E-state index contributed by atoms with van der Waals surface area (Å²) in [7, 11) is 3.53. The lowest BCUT2D eigenvalue weighted by Crippen LogP contribution is -2.37. The molecule has 2 heterocycles. The molecule has 0 spiro atoms. The van der Waals surface area contributed by atoms with E-state index in [9.17, 15) is 4.79 Å². The topological polar surface area (TPSA) is 73.4 Å². The Hall–Kier alpha value is -2.34. The van der Waals surface area contributed by atoms with Gasteiger partial charge < -0.3 is 10.5 Å². The van der Waals surface area contributed by atoms with Crippen LogP contribution in [0.4, 0.5) is 0 Å². The Morgan fingerprint density at radius 3 is 2.71 bits per heavy atom. The molecule has 1 amide bonds. The van der Waals surface area contributed by atoms with Gasteiger partial charge in [-0.3, -0.25) is 9.69 Å². The zero-order chi connectivity index (χ0) is 17.3. The number of nitrogens with two attached hydrogens (primary N) is 1. The average Bonchev–Trinajstić information content (AvgIpc) is 3.11. The molecule has 2 aromatic rings. The molecule has 0 unspecified atom stereocenters. The monoisotopic (exact) mass is 328 g/mol. The highest BCUT2D eigenvalue weighted by molar-refractivity contribution is 5.81. The van der Waals surface area contributed by atoms with Crippen molar-refractivity contribution < 1.29 is 9.53 Å². The molecule has 0 aliphatic carbocycles. The number of ether oxygens (including phenoxy) is 1. The summed E-state index contributed by atoms with van der Waals surface area (Å²) in [5, 5.41) is 4.49. The van der Waals surface area contributed by atoms with Gasteiger partial charge in [-0.25, -0.2) is 4.68 Å². The van der Waals surface area contributed by atoms with Crippen molar-refractivity contribution in [2.75, 3.05) is 13.7 Å². The van der Waals surface area contributed by atoms with Gasteiger partial charge >= 0.3 is 0 Å². The molecule has 24 heavy (non-hydrogen) atoms. The minimum Gasteiger partial charge on any atom is -0.481 e. The molecule has 1 aliphatic heterocycles. The molecule has 2 N–H and O–H groups in total. The lowest BCUT2D eigenvalue weighted by atomic mass is 10.00. The Morgan fingerprint density at radius 1 is 1.38 bits per heavy atom. The maximum Gasteiger partial charge on any atom is 0.239 e. The van der Waals surface area contributed by atoms with Crippen LogP contribution in [0.3, 0.4) is 0 Å². The van der Waals surface area contributed by atoms with Crippen molar-refractivity contribution in [3.8, 4) is 5.88 Å². The first-order valence-electron chi connectivity index (χ1n) is 8.22. The van der Waals surface area contributed by atoms with Crippen LogP contribution < -0.4 is 10.5 Å². The standard InChI is InChI=1S/C18H24N4O2/c1-12-15(18(24-3)21(2)20-12)14-10-7-11-22(14)16(17(19)23)13-8-5-4-6-9-13/h4-6,8-9,14,16H,7,10-11H2,1-3H3,(H2,19,23)/t14-,16-/m0/s1. The van der Waals surface area contributed by atoms with Crippen LogP contribution in [0, 0.1) is 6.92 Å². The molecule has 6 nitrogen and oxygen atoms in total. The lowest BCUT2D eigenvalue weighted by Gasteiger charge is -2.31. The maximum atomic E-state index is 12.2. The fourth-order valence-electron chi connectivity index (χ4n) is 3.84. The summed E-state index contributed by atoms with van der Waals surface area (Å²) < 4.78 is 7.31. The number of hydrogen-bond donors (Lipinski definition) is 1. The molecule has 2 atom stereocenters. The van der Waals surface area contributed by atoms with Gasteiger partial charge in [-0.2, -0.15) is 5.10 Å². The number of nitrogens with zero attached hydrogens (tertiary/aromatic N) is 3. The van der Waals surface area contributed by atoms with E-state index < -0.39 is 6.04 Å². The van der Waals surface area contributed by atoms with E-state index >= 15 is 0 Å². The van der Waals surface area contributed by atoms with E-state index in [1.807, 2.05) is 44.3 Å². The summed E-state index contributed by atoms with van der Waals surface area (Å²) in [6, 6.07) is 9.36. The van der Waals surface area contributed by atoms with Gasteiger partial charge in [-0.15, -0.1) is 0 Å². The number of rotatable bonds is 5. The number of primary amides is 1.